The van der Waals surface area contributed by atoms with Gasteiger partial charge in [-0.1, -0.05) is 12.1 Å². The largest absolute Gasteiger partial charge is 0.378 e. The van der Waals surface area contributed by atoms with Crippen molar-refractivity contribution in [1.29, 1.82) is 0 Å². The summed E-state index contributed by atoms with van der Waals surface area (Å²) < 4.78 is 31.5. The summed E-state index contributed by atoms with van der Waals surface area (Å²) in [5.41, 5.74) is 1.00. The van der Waals surface area contributed by atoms with Crippen LogP contribution in [0.5, 0.6) is 0 Å². The Labute approximate surface area is 150 Å². The third kappa shape index (κ3) is 5.42. The maximum absolute atomic E-state index is 11.7. The Morgan fingerprint density at radius 1 is 1.28 bits per heavy atom. The minimum Gasteiger partial charge on any atom is -0.378 e. The summed E-state index contributed by atoms with van der Waals surface area (Å²) in [4.78, 5) is 6.85. The van der Waals surface area contributed by atoms with Gasteiger partial charge in [0.2, 0.25) is 10.0 Å². The second-order valence-corrected chi connectivity index (χ2v) is 7.78. The van der Waals surface area contributed by atoms with Crippen LogP contribution in [0.4, 0.5) is 0 Å². The lowest BCUT2D eigenvalue weighted by molar-refractivity contribution is 0.0263. The number of benzene rings is 1. The average Bonchev–Trinajstić information content (AvgIpc) is 2.64. The van der Waals surface area contributed by atoms with Crippen molar-refractivity contribution in [2.75, 3.05) is 33.8 Å². The topological polar surface area (TPSA) is 83.0 Å². The molecule has 1 fully saturated rings. The minimum absolute atomic E-state index is 0.265. The molecule has 8 heteroatoms. The van der Waals surface area contributed by atoms with Crippen molar-refractivity contribution < 1.29 is 13.2 Å². The van der Waals surface area contributed by atoms with Crippen LogP contribution in [-0.4, -0.2) is 59.2 Å². The Morgan fingerprint density at radius 2 is 1.92 bits per heavy atom. The summed E-state index contributed by atoms with van der Waals surface area (Å²) in [6.45, 7) is 5.22. The van der Waals surface area contributed by atoms with Gasteiger partial charge in [-0.05, 0) is 44.5 Å². The molecule has 0 atom stereocenters. The first-order chi connectivity index (χ1) is 12.0. The van der Waals surface area contributed by atoms with E-state index in [0.29, 0.717) is 12.6 Å². The van der Waals surface area contributed by atoms with E-state index in [0.717, 1.165) is 44.1 Å². The Kier molecular flexibility index (Phi) is 7.22. The molecule has 2 rings (SSSR count). The van der Waals surface area contributed by atoms with Gasteiger partial charge >= 0.3 is 0 Å². The molecule has 1 aromatic carbocycles. The van der Waals surface area contributed by atoms with Gasteiger partial charge in [0.1, 0.15) is 0 Å². The molecule has 7 nitrogen and oxygen atoms in total. The maximum Gasteiger partial charge on any atom is 0.240 e. The molecule has 140 valence electrons. The maximum atomic E-state index is 11.7. The first kappa shape index (κ1) is 19.7. The van der Waals surface area contributed by atoms with E-state index in [9.17, 15) is 8.42 Å². The third-order valence-electron chi connectivity index (χ3n) is 4.31. The number of aliphatic imine (C=N–C) groups is 1. The summed E-state index contributed by atoms with van der Waals surface area (Å²) in [7, 11) is -0.209. The molecule has 2 N–H and O–H groups in total. The van der Waals surface area contributed by atoms with Crippen LogP contribution < -0.4 is 10.0 Å². The number of ether oxygens (including phenoxy) is 1. The van der Waals surface area contributed by atoms with Crippen LogP contribution in [0.15, 0.2) is 34.2 Å². The SMILES string of the molecule is CCOC1CCN(C(=NC)NCc2ccc(S(=O)(=O)NC)cc2)CC1. The zero-order valence-corrected chi connectivity index (χ0v) is 16.0. The molecule has 0 aliphatic carbocycles. The van der Waals surface area contributed by atoms with Gasteiger partial charge in [0.05, 0.1) is 11.0 Å². The molecular weight excluding hydrogens is 340 g/mol. The van der Waals surface area contributed by atoms with Crippen LogP contribution in [0.1, 0.15) is 25.3 Å². The number of hydrogen-bond acceptors (Lipinski definition) is 4. The highest BCUT2D eigenvalue weighted by Crippen LogP contribution is 2.14. The van der Waals surface area contributed by atoms with Gasteiger partial charge in [0.15, 0.2) is 5.96 Å². The molecule has 1 saturated heterocycles. The third-order valence-corrected chi connectivity index (χ3v) is 5.74. The molecular formula is C17H28N4O3S. The second kappa shape index (κ2) is 9.17. The highest BCUT2D eigenvalue weighted by atomic mass is 32.2. The predicted molar refractivity (Wildman–Crippen MR) is 99.1 cm³/mol. The quantitative estimate of drug-likeness (QED) is 0.582. The number of nitrogens with zero attached hydrogens (tertiary/aromatic N) is 2. The fourth-order valence-corrected chi connectivity index (χ4v) is 3.62. The molecule has 1 aliphatic heterocycles. The standard InChI is InChI=1S/C17H28N4O3S/c1-4-24-15-9-11-21(12-10-15)17(18-2)20-13-14-5-7-16(8-6-14)25(22,23)19-3/h5-8,15,19H,4,9-13H2,1-3H3,(H,18,20). The lowest BCUT2D eigenvalue weighted by Gasteiger charge is -2.34. The number of nitrogens with one attached hydrogen (secondary N) is 2. The van der Waals surface area contributed by atoms with Crippen LogP contribution >= 0.6 is 0 Å². The molecule has 0 aromatic heterocycles. The van der Waals surface area contributed by atoms with Crippen LogP contribution in [0.25, 0.3) is 0 Å². The fourth-order valence-electron chi connectivity index (χ4n) is 2.89. The van der Waals surface area contributed by atoms with Crippen LogP contribution in [0.3, 0.4) is 0 Å². The van der Waals surface area contributed by atoms with E-state index in [1.165, 1.54) is 7.05 Å². The minimum atomic E-state index is -3.39. The van der Waals surface area contributed by atoms with Crippen LogP contribution in [0.2, 0.25) is 0 Å². The van der Waals surface area contributed by atoms with E-state index in [4.69, 9.17) is 4.74 Å². The number of sulfonamides is 1. The number of rotatable bonds is 6. The molecule has 0 amide bonds. The second-order valence-electron chi connectivity index (χ2n) is 5.89. The number of piperidine rings is 1. The smallest absolute Gasteiger partial charge is 0.240 e. The molecule has 0 spiro atoms. The molecule has 1 heterocycles. The monoisotopic (exact) mass is 368 g/mol. The summed E-state index contributed by atoms with van der Waals surface area (Å²) in [6.07, 6.45) is 2.36. The zero-order chi connectivity index (χ0) is 18.3. The van der Waals surface area contributed by atoms with Gasteiger partial charge < -0.3 is 15.0 Å². The normalized spacial score (nSPS) is 16.9. The predicted octanol–water partition coefficient (Wildman–Crippen LogP) is 1.17. The summed E-state index contributed by atoms with van der Waals surface area (Å²) in [6, 6.07) is 6.84. The first-order valence-corrected chi connectivity index (χ1v) is 10.1. The highest BCUT2D eigenvalue weighted by molar-refractivity contribution is 7.89. The Hall–Kier alpha value is -1.64. The van der Waals surface area contributed by atoms with Crippen molar-refractivity contribution >= 4 is 16.0 Å². The van der Waals surface area contributed by atoms with Crippen molar-refractivity contribution in [3.8, 4) is 0 Å². The summed E-state index contributed by atoms with van der Waals surface area (Å²) >= 11 is 0. The molecule has 0 radical (unpaired) electrons. The lowest BCUT2D eigenvalue weighted by Crippen LogP contribution is -2.46. The molecule has 0 unspecified atom stereocenters. The molecule has 0 saturated carbocycles. The fraction of sp³-hybridized carbons (Fsp3) is 0.588. The Bertz CT molecular complexity index is 666. The number of hydrogen-bond donors (Lipinski definition) is 2. The summed E-state index contributed by atoms with van der Waals surface area (Å²) in [5, 5.41) is 3.34. The molecule has 0 bridgehead atoms. The summed E-state index contributed by atoms with van der Waals surface area (Å²) in [5.74, 6) is 0.863. The Morgan fingerprint density at radius 3 is 2.44 bits per heavy atom. The van der Waals surface area contributed by atoms with Crippen LogP contribution in [-0.2, 0) is 21.3 Å². The molecule has 1 aliphatic rings. The average molecular weight is 369 g/mol. The first-order valence-electron chi connectivity index (χ1n) is 8.59. The van der Waals surface area contributed by atoms with Gasteiger partial charge in [0, 0.05) is 33.3 Å². The Balaban J connectivity index is 1.89. The molecule has 25 heavy (non-hydrogen) atoms. The highest BCUT2D eigenvalue weighted by Gasteiger charge is 2.21. The number of guanidine groups is 1. The van der Waals surface area contributed by atoms with Crippen LogP contribution in [0, 0.1) is 0 Å². The number of likely N-dealkylation sites (tertiary alicyclic amines) is 1. The van der Waals surface area contributed by atoms with Crippen molar-refractivity contribution in [1.82, 2.24) is 14.9 Å². The van der Waals surface area contributed by atoms with Crippen molar-refractivity contribution in [3.05, 3.63) is 29.8 Å². The van der Waals surface area contributed by atoms with E-state index in [1.54, 1.807) is 19.2 Å². The van der Waals surface area contributed by atoms with E-state index >= 15 is 0 Å². The van der Waals surface area contributed by atoms with Gasteiger partial charge in [-0.15, -0.1) is 0 Å². The van der Waals surface area contributed by atoms with Crippen molar-refractivity contribution in [2.45, 2.75) is 37.3 Å². The molecule has 1 aromatic rings. The van der Waals surface area contributed by atoms with E-state index in [2.05, 4.69) is 19.9 Å². The van der Waals surface area contributed by atoms with E-state index < -0.39 is 10.0 Å². The lowest BCUT2D eigenvalue weighted by atomic mass is 10.1. The zero-order valence-electron chi connectivity index (χ0n) is 15.2. The van der Waals surface area contributed by atoms with Crippen molar-refractivity contribution in [2.24, 2.45) is 4.99 Å². The van der Waals surface area contributed by atoms with E-state index in [-0.39, 0.29) is 4.90 Å². The van der Waals surface area contributed by atoms with Gasteiger partial charge in [-0.25, -0.2) is 13.1 Å². The van der Waals surface area contributed by atoms with Crippen molar-refractivity contribution in [3.63, 3.8) is 0 Å². The van der Waals surface area contributed by atoms with Gasteiger partial charge in [0.25, 0.3) is 0 Å². The van der Waals surface area contributed by atoms with Gasteiger partial charge in [-0.3, -0.25) is 4.99 Å². The van der Waals surface area contributed by atoms with Gasteiger partial charge in [-0.2, -0.15) is 0 Å². The van der Waals surface area contributed by atoms with E-state index in [1.807, 2.05) is 19.1 Å².